The van der Waals surface area contributed by atoms with E-state index in [-0.39, 0.29) is 5.56 Å². The van der Waals surface area contributed by atoms with Crippen molar-refractivity contribution in [2.45, 2.75) is 6.42 Å². The fourth-order valence-corrected chi connectivity index (χ4v) is 2.24. The Labute approximate surface area is 90.3 Å². The first-order chi connectivity index (χ1) is 6.77. The van der Waals surface area contributed by atoms with Crippen LogP contribution in [-0.2, 0) is 6.42 Å². The Morgan fingerprint density at radius 1 is 1.29 bits per heavy atom. The summed E-state index contributed by atoms with van der Waals surface area (Å²) in [5.41, 5.74) is 0.965. The van der Waals surface area contributed by atoms with Crippen LogP contribution in [0.25, 0.3) is 0 Å². The molecule has 0 unspecified atom stereocenters. The Morgan fingerprint density at radius 3 is 2.57 bits per heavy atom. The third-order valence-corrected chi connectivity index (χ3v) is 3.31. The van der Waals surface area contributed by atoms with E-state index < -0.39 is 0 Å². The summed E-state index contributed by atoms with van der Waals surface area (Å²) in [6, 6.07) is 9.93. The van der Waals surface area contributed by atoms with E-state index >= 15 is 0 Å². The molecule has 0 aliphatic carbocycles. The van der Waals surface area contributed by atoms with Gasteiger partial charge in [0.1, 0.15) is 5.02 Å². The zero-order valence-corrected chi connectivity index (χ0v) is 8.86. The second kappa shape index (κ2) is 3.98. The molecule has 0 saturated carbocycles. The van der Waals surface area contributed by atoms with Gasteiger partial charge in [-0.05, 0) is 5.56 Å². The standard InChI is InChI=1S/C10H8ClNOS/c11-9-8(14-12-10(9)13)6-7-4-2-1-3-5-7/h1-5H,6H2,(H,12,13). The van der Waals surface area contributed by atoms with Crippen molar-refractivity contribution < 1.29 is 0 Å². The maximum atomic E-state index is 11.1. The first-order valence-electron chi connectivity index (χ1n) is 4.17. The number of hydrogen-bond acceptors (Lipinski definition) is 2. The van der Waals surface area contributed by atoms with E-state index in [1.807, 2.05) is 30.3 Å². The van der Waals surface area contributed by atoms with Crippen molar-refractivity contribution in [2.75, 3.05) is 0 Å². The van der Waals surface area contributed by atoms with Crippen molar-refractivity contribution in [1.82, 2.24) is 4.37 Å². The molecule has 1 heterocycles. The summed E-state index contributed by atoms with van der Waals surface area (Å²) < 4.78 is 2.61. The van der Waals surface area contributed by atoms with Crippen molar-refractivity contribution >= 4 is 23.1 Å². The summed E-state index contributed by atoms with van der Waals surface area (Å²) in [6.45, 7) is 0. The van der Waals surface area contributed by atoms with Gasteiger partial charge >= 0.3 is 0 Å². The van der Waals surface area contributed by atoms with E-state index in [9.17, 15) is 4.79 Å². The Bertz CT molecular complexity index is 474. The van der Waals surface area contributed by atoms with Crippen LogP contribution >= 0.6 is 23.1 Å². The second-order valence-electron chi connectivity index (χ2n) is 2.93. The third-order valence-electron chi connectivity index (χ3n) is 1.92. The zero-order chi connectivity index (χ0) is 9.97. The van der Waals surface area contributed by atoms with Gasteiger partial charge in [0.2, 0.25) is 0 Å². The van der Waals surface area contributed by atoms with E-state index in [2.05, 4.69) is 4.37 Å². The largest absolute Gasteiger partial charge is 0.277 e. The van der Waals surface area contributed by atoms with Gasteiger partial charge in [-0.2, -0.15) is 0 Å². The molecule has 1 N–H and O–H groups in total. The van der Waals surface area contributed by atoms with Crippen molar-refractivity contribution in [2.24, 2.45) is 0 Å². The molecule has 0 amide bonds. The molecule has 1 aromatic heterocycles. The minimum absolute atomic E-state index is 0.192. The Morgan fingerprint density at radius 2 is 2.00 bits per heavy atom. The van der Waals surface area contributed by atoms with Gasteiger partial charge in [0.25, 0.3) is 5.56 Å². The fraction of sp³-hybridized carbons (Fsp3) is 0.100. The highest BCUT2D eigenvalue weighted by atomic mass is 35.5. The van der Waals surface area contributed by atoms with Crippen LogP contribution in [0.2, 0.25) is 5.02 Å². The van der Waals surface area contributed by atoms with E-state index in [1.165, 1.54) is 11.5 Å². The summed E-state index contributed by atoms with van der Waals surface area (Å²) in [4.78, 5) is 11.9. The summed E-state index contributed by atoms with van der Waals surface area (Å²) in [7, 11) is 0. The molecule has 0 fully saturated rings. The van der Waals surface area contributed by atoms with Crippen molar-refractivity contribution in [3.8, 4) is 0 Å². The van der Waals surface area contributed by atoms with Gasteiger partial charge < -0.3 is 0 Å². The number of rotatable bonds is 2. The molecule has 0 spiro atoms. The molecule has 0 bridgehead atoms. The molecule has 2 nitrogen and oxygen atoms in total. The highest BCUT2D eigenvalue weighted by Crippen LogP contribution is 2.18. The summed E-state index contributed by atoms with van der Waals surface area (Å²) in [6.07, 6.45) is 0.711. The van der Waals surface area contributed by atoms with Gasteiger partial charge in [0.05, 0.1) is 4.88 Å². The predicted molar refractivity (Wildman–Crippen MR) is 59.2 cm³/mol. The zero-order valence-electron chi connectivity index (χ0n) is 7.29. The Kier molecular flexibility index (Phi) is 2.70. The first-order valence-corrected chi connectivity index (χ1v) is 5.36. The van der Waals surface area contributed by atoms with Crippen molar-refractivity contribution in [1.29, 1.82) is 0 Å². The molecular weight excluding hydrogens is 218 g/mol. The molecule has 1 aromatic carbocycles. The highest BCUT2D eigenvalue weighted by molar-refractivity contribution is 7.06. The number of hydrogen-bond donors (Lipinski definition) is 1. The molecule has 0 radical (unpaired) electrons. The summed E-state index contributed by atoms with van der Waals surface area (Å²) in [5, 5.41) is 0.318. The summed E-state index contributed by atoms with van der Waals surface area (Å²) in [5.74, 6) is 0. The van der Waals surface area contributed by atoms with Crippen LogP contribution in [0, 0.1) is 0 Å². The number of aromatic amines is 1. The lowest BCUT2D eigenvalue weighted by Crippen LogP contribution is -1.97. The van der Waals surface area contributed by atoms with E-state index in [1.54, 1.807) is 0 Å². The minimum atomic E-state index is -0.192. The summed E-state index contributed by atoms with van der Waals surface area (Å²) >= 11 is 7.13. The van der Waals surface area contributed by atoms with Gasteiger partial charge in [-0.3, -0.25) is 9.17 Å². The van der Waals surface area contributed by atoms with Gasteiger partial charge in [-0.15, -0.1) is 0 Å². The lowest BCUT2D eigenvalue weighted by Gasteiger charge is -1.96. The highest BCUT2D eigenvalue weighted by Gasteiger charge is 2.07. The number of benzene rings is 1. The average molecular weight is 226 g/mol. The minimum Gasteiger partial charge on any atom is -0.276 e. The molecule has 0 atom stereocenters. The number of nitrogens with one attached hydrogen (secondary N) is 1. The van der Waals surface area contributed by atoms with E-state index in [4.69, 9.17) is 11.6 Å². The van der Waals surface area contributed by atoms with Crippen LogP contribution < -0.4 is 5.56 Å². The SMILES string of the molecule is O=c1[nH]sc(Cc2ccccc2)c1Cl. The van der Waals surface area contributed by atoms with Crippen molar-refractivity contribution in [3.05, 3.63) is 56.1 Å². The van der Waals surface area contributed by atoms with E-state index in [0.29, 0.717) is 11.4 Å². The number of H-pyrrole nitrogens is 1. The van der Waals surface area contributed by atoms with E-state index in [0.717, 1.165) is 10.4 Å². The quantitative estimate of drug-likeness (QED) is 0.838. The van der Waals surface area contributed by atoms with Crippen LogP contribution in [0.1, 0.15) is 10.4 Å². The normalized spacial score (nSPS) is 10.4. The van der Waals surface area contributed by atoms with Gasteiger partial charge in [-0.25, -0.2) is 0 Å². The topological polar surface area (TPSA) is 32.9 Å². The lowest BCUT2D eigenvalue weighted by atomic mass is 10.1. The van der Waals surface area contributed by atoms with Crippen molar-refractivity contribution in [3.63, 3.8) is 0 Å². The molecule has 72 valence electrons. The smallest absolute Gasteiger partial charge is 0.276 e. The number of aromatic nitrogens is 1. The Balaban J connectivity index is 2.28. The van der Waals surface area contributed by atoms with Crippen LogP contribution in [0.4, 0.5) is 0 Å². The molecular formula is C10H8ClNOS. The maximum absolute atomic E-state index is 11.1. The lowest BCUT2D eigenvalue weighted by molar-refractivity contribution is 1.24. The third kappa shape index (κ3) is 1.89. The molecule has 2 aromatic rings. The second-order valence-corrected chi connectivity index (χ2v) is 4.21. The van der Waals surface area contributed by atoms with Gasteiger partial charge in [0, 0.05) is 6.42 Å². The molecule has 0 aliphatic heterocycles. The average Bonchev–Trinajstić information content (AvgIpc) is 2.52. The van der Waals surface area contributed by atoms with Gasteiger partial charge in [-0.1, -0.05) is 53.5 Å². The fourth-order valence-electron chi connectivity index (χ4n) is 1.22. The van der Waals surface area contributed by atoms with Crippen LogP contribution in [0.15, 0.2) is 35.1 Å². The van der Waals surface area contributed by atoms with Gasteiger partial charge in [0.15, 0.2) is 0 Å². The molecule has 0 saturated heterocycles. The maximum Gasteiger partial charge on any atom is 0.277 e. The van der Waals surface area contributed by atoms with Crippen LogP contribution in [0.3, 0.4) is 0 Å². The monoisotopic (exact) mass is 225 g/mol. The molecule has 2 rings (SSSR count). The Hall–Kier alpha value is -1.06. The molecule has 14 heavy (non-hydrogen) atoms. The molecule has 0 aliphatic rings. The predicted octanol–water partition coefficient (Wildman–Crippen LogP) is 2.68. The molecule has 4 heteroatoms. The van der Waals surface area contributed by atoms with Crippen LogP contribution in [0.5, 0.6) is 0 Å². The number of halogens is 1. The van der Waals surface area contributed by atoms with Crippen LogP contribution in [-0.4, -0.2) is 4.37 Å². The first kappa shape index (κ1) is 9.49.